The van der Waals surface area contributed by atoms with Crippen LogP contribution in [0.25, 0.3) is 0 Å². The van der Waals surface area contributed by atoms with Crippen molar-refractivity contribution in [3.05, 3.63) is 66.0 Å². The minimum atomic E-state index is -1.42. The van der Waals surface area contributed by atoms with Gasteiger partial charge in [0.1, 0.15) is 17.9 Å². The number of carboxylic acids is 1. The Labute approximate surface area is 176 Å². The number of benzene rings is 2. The summed E-state index contributed by atoms with van der Waals surface area (Å²) < 4.78 is 25.7. The van der Waals surface area contributed by atoms with E-state index in [1.54, 1.807) is 36.4 Å². The third kappa shape index (κ3) is 7.40. The van der Waals surface area contributed by atoms with E-state index in [9.17, 15) is 28.1 Å². The van der Waals surface area contributed by atoms with E-state index in [0.717, 1.165) is 0 Å². The van der Waals surface area contributed by atoms with Crippen molar-refractivity contribution in [1.82, 2.24) is 10.6 Å². The van der Waals surface area contributed by atoms with Gasteiger partial charge in [0.2, 0.25) is 11.8 Å². The molecule has 9 heteroatoms. The molecule has 7 nitrogen and oxygen atoms in total. The highest BCUT2D eigenvalue weighted by atomic mass is 32.2. The lowest BCUT2D eigenvalue weighted by atomic mass is 10.0. The van der Waals surface area contributed by atoms with Crippen LogP contribution in [0.15, 0.2) is 59.5 Å². The molecular formula is C21H23FN2O5S. The lowest BCUT2D eigenvalue weighted by Gasteiger charge is -2.21. The van der Waals surface area contributed by atoms with Gasteiger partial charge in [0.25, 0.3) is 0 Å². The van der Waals surface area contributed by atoms with Gasteiger partial charge in [-0.05, 0) is 36.2 Å². The Kier molecular flexibility index (Phi) is 8.67. The highest BCUT2D eigenvalue weighted by Crippen LogP contribution is 2.10. The molecule has 0 aliphatic heterocycles. The average Bonchev–Trinajstić information content (AvgIpc) is 2.70. The molecule has 0 fully saturated rings. The summed E-state index contributed by atoms with van der Waals surface area (Å²) in [7, 11) is -1.42. The molecule has 0 aliphatic carbocycles. The summed E-state index contributed by atoms with van der Waals surface area (Å²) >= 11 is 0. The van der Waals surface area contributed by atoms with E-state index >= 15 is 0 Å². The van der Waals surface area contributed by atoms with E-state index in [-0.39, 0.29) is 18.6 Å². The van der Waals surface area contributed by atoms with Crippen LogP contribution in [-0.2, 0) is 31.6 Å². The fourth-order valence-electron chi connectivity index (χ4n) is 2.80. The first-order valence-electron chi connectivity index (χ1n) is 9.24. The largest absolute Gasteiger partial charge is 0.480 e. The molecule has 2 aromatic rings. The molecule has 0 bridgehead atoms. The maximum atomic E-state index is 13.4. The van der Waals surface area contributed by atoms with Crippen LogP contribution in [0.5, 0.6) is 0 Å². The van der Waals surface area contributed by atoms with Crippen LogP contribution in [-0.4, -0.2) is 44.9 Å². The molecule has 2 rings (SSSR count). The van der Waals surface area contributed by atoms with Crippen LogP contribution < -0.4 is 10.6 Å². The average molecular weight is 434 g/mol. The van der Waals surface area contributed by atoms with Crippen LogP contribution in [0.4, 0.5) is 4.39 Å². The summed E-state index contributed by atoms with van der Waals surface area (Å²) in [5.74, 6) is -2.92. The van der Waals surface area contributed by atoms with Crippen LogP contribution in [0.3, 0.4) is 0 Å². The predicted octanol–water partition coefficient (Wildman–Crippen LogP) is 1.64. The first-order valence-corrected chi connectivity index (χ1v) is 10.6. The monoisotopic (exact) mass is 434 g/mol. The van der Waals surface area contributed by atoms with Crippen LogP contribution in [0, 0.1) is 5.82 Å². The number of halogens is 1. The molecule has 2 aromatic carbocycles. The summed E-state index contributed by atoms with van der Waals surface area (Å²) in [6.45, 7) is 1.23. The van der Waals surface area contributed by atoms with Crippen molar-refractivity contribution in [3.63, 3.8) is 0 Å². The number of carbonyl (C=O) groups is 3. The lowest BCUT2D eigenvalue weighted by molar-refractivity contribution is -0.142. The molecule has 2 amide bonds. The second-order valence-corrected chi connectivity index (χ2v) is 8.21. The quantitative estimate of drug-likeness (QED) is 0.526. The molecule has 0 saturated heterocycles. The van der Waals surface area contributed by atoms with Crippen molar-refractivity contribution in [3.8, 4) is 0 Å². The topological polar surface area (TPSA) is 113 Å². The minimum absolute atomic E-state index is 0.00847. The molecule has 0 aromatic heterocycles. The number of carboxylic acid groups (broad SMARTS) is 1. The van der Waals surface area contributed by atoms with Crippen molar-refractivity contribution in [1.29, 1.82) is 0 Å². The van der Waals surface area contributed by atoms with Gasteiger partial charge < -0.3 is 15.7 Å². The Morgan fingerprint density at radius 1 is 1.03 bits per heavy atom. The van der Waals surface area contributed by atoms with Gasteiger partial charge in [-0.2, -0.15) is 0 Å². The van der Waals surface area contributed by atoms with Gasteiger partial charge >= 0.3 is 5.97 Å². The molecule has 0 aliphatic rings. The van der Waals surface area contributed by atoms with E-state index in [2.05, 4.69) is 10.6 Å². The van der Waals surface area contributed by atoms with Crippen LogP contribution >= 0.6 is 0 Å². The Hall–Kier alpha value is -3.07. The van der Waals surface area contributed by atoms with Gasteiger partial charge in [-0.25, -0.2) is 9.18 Å². The summed E-state index contributed by atoms with van der Waals surface area (Å²) in [5.41, 5.74) is 0.473. The second-order valence-electron chi connectivity index (χ2n) is 6.64. The summed E-state index contributed by atoms with van der Waals surface area (Å²) in [5, 5.41) is 14.3. The zero-order valence-electron chi connectivity index (χ0n) is 16.3. The molecule has 3 atom stereocenters. The zero-order chi connectivity index (χ0) is 22.1. The fourth-order valence-corrected chi connectivity index (χ4v) is 3.95. The third-order valence-corrected chi connectivity index (χ3v) is 5.64. The summed E-state index contributed by atoms with van der Waals surface area (Å²) in [6, 6.07) is 11.8. The van der Waals surface area contributed by atoms with E-state index in [1.165, 1.54) is 25.1 Å². The Morgan fingerprint density at radius 2 is 1.73 bits per heavy atom. The highest BCUT2D eigenvalue weighted by Gasteiger charge is 2.26. The molecule has 3 N–H and O–H groups in total. The number of aliphatic carboxylic acids is 1. The van der Waals surface area contributed by atoms with E-state index in [4.69, 9.17) is 0 Å². The van der Waals surface area contributed by atoms with Gasteiger partial charge in [-0.1, -0.05) is 30.3 Å². The fraction of sp³-hybridized carbons (Fsp3) is 0.286. The number of rotatable bonds is 10. The van der Waals surface area contributed by atoms with Crippen LogP contribution in [0.1, 0.15) is 18.9 Å². The summed E-state index contributed by atoms with van der Waals surface area (Å²) in [6.07, 6.45) is -0.0687. The van der Waals surface area contributed by atoms with Gasteiger partial charge in [-0.3, -0.25) is 13.8 Å². The Morgan fingerprint density at radius 3 is 2.33 bits per heavy atom. The predicted molar refractivity (Wildman–Crippen MR) is 110 cm³/mol. The van der Waals surface area contributed by atoms with Gasteiger partial charge in [0.15, 0.2) is 0 Å². The molecule has 0 saturated carbocycles. The molecule has 0 unspecified atom stereocenters. The standard InChI is InChI=1S/C21H23FN2O5S/c1-14(25)23-19(13-15-6-5-7-16(22)12-15)20(26)24-18(21(27)28)10-11-30(29)17-8-3-2-4-9-17/h2-9,12,18-19H,10-11,13H2,1H3,(H,23,25)(H,24,26)(H,27,28)/t18-,19-,30+/m0/s1. The first kappa shape index (κ1) is 23.2. The van der Waals surface area contributed by atoms with Crippen molar-refractivity contribution in [2.24, 2.45) is 0 Å². The number of hydrogen-bond donors (Lipinski definition) is 3. The number of nitrogens with one attached hydrogen (secondary N) is 2. The van der Waals surface area contributed by atoms with Crippen molar-refractivity contribution >= 4 is 28.6 Å². The molecule has 30 heavy (non-hydrogen) atoms. The third-order valence-electron chi connectivity index (χ3n) is 4.24. The molecule has 0 heterocycles. The molecule has 0 radical (unpaired) electrons. The van der Waals surface area contributed by atoms with E-state index < -0.39 is 46.5 Å². The van der Waals surface area contributed by atoms with Gasteiger partial charge in [0.05, 0.1) is 10.8 Å². The Bertz CT molecular complexity index is 923. The van der Waals surface area contributed by atoms with E-state index in [1.807, 2.05) is 0 Å². The van der Waals surface area contributed by atoms with Crippen molar-refractivity contribution < 1.29 is 28.1 Å². The summed E-state index contributed by atoms with van der Waals surface area (Å²) in [4.78, 5) is 36.3. The zero-order valence-corrected chi connectivity index (χ0v) is 17.2. The minimum Gasteiger partial charge on any atom is -0.480 e. The van der Waals surface area contributed by atoms with Crippen molar-refractivity contribution in [2.75, 3.05) is 5.75 Å². The first-order chi connectivity index (χ1) is 14.3. The molecular weight excluding hydrogens is 411 g/mol. The smallest absolute Gasteiger partial charge is 0.326 e. The van der Waals surface area contributed by atoms with Crippen LogP contribution in [0.2, 0.25) is 0 Å². The van der Waals surface area contributed by atoms with Gasteiger partial charge in [0, 0.05) is 24.0 Å². The molecule has 160 valence electrons. The Balaban J connectivity index is 2.04. The van der Waals surface area contributed by atoms with Crippen molar-refractivity contribution in [2.45, 2.75) is 36.7 Å². The maximum Gasteiger partial charge on any atom is 0.326 e. The second kappa shape index (κ2) is 11.2. The van der Waals surface area contributed by atoms with E-state index in [0.29, 0.717) is 10.5 Å². The lowest BCUT2D eigenvalue weighted by Crippen LogP contribution is -2.52. The maximum absolute atomic E-state index is 13.4. The SMILES string of the molecule is CC(=O)N[C@@H](Cc1cccc(F)c1)C(=O)N[C@@H](CC[S@@](=O)c1ccccc1)C(=O)O. The molecule has 0 spiro atoms. The number of amides is 2. The normalized spacial score (nSPS) is 13.7. The highest BCUT2D eigenvalue weighted by molar-refractivity contribution is 7.85. The van der Waals surface area contributed by atoms with Gasteiger partial charge in [-0.15, -0.1) is 0 Å². The number of carbonyl (C=O) groups excluding carboxylic acids is 2. The number of hydrogen-bond acceptors (Lipinski definition) is 4.